The molecule has 49 heavy (non-hydrogen) atoms. The van der Waals surface area contributed by atoms with Crippen LogP contribution >= 0.6 is 0 Å². The Labute approximate surface area is 288 Å². The average Bonchev–Trinajstić information content (AvgIpc) is 3.37. The lowest BCUT2D eigenvalue weighted by Gasteiger charge is -2.36. The SMILES string of the molecule is CC1(C)c2cc(N(c3ccccc3)c3ccc4ccccc4c3)ccc2C2=CC=C(N(c3ccccc3)c3ccc4ccccc4c3)CC21. The lowest BCUT2D eigenvalue weighted by atomic mass is 9.73. The van der Waals surface area contributed by atoms with E-state index in [1.54, 1.807) is 0 Å². The minimum absolute atomic E-state index is 0.0613. The highest BCUT2D eigenvalue weighted by molar-refractivity contribution is 5.91. The maximum Gasteiger partial charge on any atom is 0.0468 e. The summed E-state index contributed by atoms with van der Waals surface area (Å²) in [5.74, 6) is 0.357. The third kappa shape index (κ3) is 5.03. The van der Waals surface area contributed by atoms with Crippen molar-refractivity contribution in [1.29, 1.82) is 0 Å². The van der Waals surface area contributed by atoms with Crippen LogP contribution in [0, 0.1) is 5.92 Å². The lowest BCUT2D eigenvalue weighted by Crippen LogP contribution is -2.29. The van der Waals surface area contributed by atoms with Gasteiger partial charge in [0.15, 0.2) is 0 Å². The standard InChI is InChI=1S/C47H38N2/c1-47(2)45-31-41(48(37-17-5-3-6-18-37)39-23-21-33-13-9-11-15-35(33)29-39)25-27-43(45)44-28-26-42(32-46(44)47)49(38-19-7-4-8-20-38)40-24-22-34-14-10-12-16-36(34)30-40/h3-31,46H,32H2,1-2H3. The van der Waals surface area contributed by atoms with Crippen molar-refractivity contribution in [3.63, 3.8) is 0 Å². The second-order valence-electron chi connectivity index (χ2n) is 13.9. The van der Waals surface area contributed by atoms with Gasteiger partial charge in [-0.3, -0.25) is 0 Å². The van der Waals surface area contributed by atoms with E-state index >= 15 is 0 Å². The number of hydrogen-bond acceptors (Lipinski definition) is 2. The van der Waals surface area contributed by atoms with Crippen LogP contribution in [-0.2, 0) is 5.41 Å². The summed E-state index contributed by atoms with van der Waals surface area (Å²) in [6.07, 6.45) is 5.71. The first-order valence-corrected chi connectivity index (χ1v) is 17.3. The quantitative estimate of drug-likeness (QED) is 0.180. The van der Waals surface area contributed by atoms with Crippen LogP contribution in [-0.4, -0.2) is 0 Å². The van der Waals surface area contributed by atoms with Crippen LogP contribution in [0.3, 0.4) is 0 Å². The van der Waals surface area contributed by atoms with E-state index in [9.17, 15) is 0 Å². The van der Waals surface area contributed by atoms with Crippen LogP contribution in [0.1, 0.15) is 31.4 Å². The highest BCUT2D eigenvalue weighted by Gasteiger charge is 2.45. The third-order valence-corrected chi connectivity index (χ3v) is 10.7. The molecule has 0 bridgehead atoms. The monoisotopic (exact) mass is 630 g/mol. The number of allylic oxidation sites excluding steroid dienone is 4. The van der Waals surface area contributed by atoms with E-state index in [1.807, 2.05) is 0 Å². The van der Waals surface area contributed by atoms with Crippen LogP contribution in [0.25, 0.3) is 27.1 Å². The van der Waals surface area contributed by atoms with Crippen molar-refractivity contribution >= 4 is 55.6 Å². The maximum atomic E-state index is 2.46. The van der Waals surface area contributed by atoms with Crippen molar-refractivity contribution in [3.8, 4) is 0 Å². The molecule has 0 aromatic heterocycles. The van der Waals surface area contributed by atoms with Crippen molar-refractivity contribution < 1.29 is 0 Å². The van der Waals surface area contributed by atoms with Gasteiger partial charge in [-0.15, -0.1) is 0 Å². The van der Waals surface area contributed by atoms with Crippen LogP contribution in [0.4, 0.5) is 28.4 Å². The molecule has 1 atom stereocenters. The first kappa shape index (κ1) is 29.3. The molecule has 7 aromatic carbocycles. The number of benzene rings is 7. The number of nitrogens with zero attached hydrogens (tertiary/aromatic N) is 2. The molecule has 0 radical (unpaired) electrons. The number of hydrogen-bond donors (Lipinski definition) is 0. The van der Waals surface area contributed by atoms with Crippen molar-refractivity contribution in [1.82, 2.24) is 0 Å². The second-order valence-corrected chi connectivity index (χ2v) is 13.9. The fraction of sp³-hybridized carbons (Fsp3) is 0.106. The molecular formula is C47H38N2. The molecule has 0 amide bonds. The zero-order valence-electron chi connectivity index (χ0n) is 27.9. The number of fused-ring (bicyclic) bond motifs is 5. The van der Waals surface area contributed by atoms with E-state index in [0.717, 1.165) is 17.8 Å². The topological polar surface area (TPSA) is 6.48 Å². The molecule has 0 saturated heterocycles. The number of para-hydroxylation sites is 2. The summed E-state index contributed by atoms with van der Waals surface area (Å²) >= 11 is 0. The normalized spacial score (nSPS) is 16.1. The second kappa shape index (κ2) is 11.7. The Morgan fingerprint density at radius 1 is 0.449 bits per heavy atom. The largest absolute Gasteiger partial charge is 0.314 e. The number of rotatable bonds is 6. The molecular weight excluding hydrogens is 593 g/mol. The Bertz CT molecular complexity index is 2400. The molecule has 0 N–H and O–H groups in total. The van der Waals surface area contributed by atoms with Crippen LogP contribution < -0.4 is 9.80 Å². The first-order chi connectivity index (χ1) is 24.0. The minimum Gasteiger partial charge on any atom is -0.314 e. The van der Waals surface area contributed by atoms with E-state index in [1.165, 1.54) is 61.0 Å². The predicted octanol–water partition coefficient (Wildman–Crippen LogP) is 12.9. The van der Waals surface area contributed by atoms with Gasteiger partial charge in [-0.05, 0) is 123 Å². The summed E-state index contributed by atoms with van der Waals surface area (Å²) in [5.41, 5.74) is 11.4. The van der Waals surface area contributed by atoms with Gasteiger partial charge < -0.3 is 9.80 Å². The molecule has 2 nitrogen and oxygen atoms in total. The summed E-state index contributed by atoms with van der Waals surface area (Å²) in [7, 11) is 0. The third-order valence-electron chi connectivity index (χ3n) is 10.7. The van der Waals surface area contributed by atoms with Gasteiger partial charge in [-0.1, -0.05) is 123 Å². The van der Waals surface area contributed by atoms with Crippen molar-refractivity contribution in [2.24, 2.45) is 5.92 Å². The fourth-order valence-electron chi connectivity index (χ4n) is 8.13. The van der Waals surface area contributed by atoms with Crippen molar-refractivity contribution in [2.45, 2.75) is 25.7 Å². The molecule has 0 spiro atoms. The zero-order valence-corrected chi connectivity index (χ0v) is 27.9. The number of anilines is 5. The van der Waals surface area contributed by atoms with Crippen molar-refractivity contribution in [3.05, 3.63) is 193 Å². The molecule has 0 saturated carbocycles. The summed E-state index contributed by atoms with van der Waals surface area (Å²) in [5, 5.41) is 5.01. The molecule has 1 unspecified atom stereocenters. The Balaban J connectivity index is 1.13. The molecule has 0 aliphatic heterocycles. The van der Waals surface area contributed by atoms with E-state index in [-0.39, 0.29) is 5.41 Å². The van der Waals surface area contributed by atoms with Gasteiger partial charge in [0.1, 0.15) is 0 Å². The predicted molar refractivity (Wildman–Crippen MR) is 208 cm³/mol. The Kier molecular flexibility index (Phi) is 6.98. The van der Waals surface area contributed by atoms with E-state index in [2.05, 4.69) is 200 Å². The minimum atomic E-state index is -0.0613. The van der Waals surface area contributed by atoms with Gasteiger partial charge in [-0.25, -0.2) is 0 Å². The summed E-state index contributed by atoms with van der Waals surface area (Å²) in [6, 6.07) is 59.6. The lowest BCUT2D eigenvalue weighted by molar-refractivity contribution is 0.406. The van der Waals surface area contributed by atoms with E-state index in [0.29, 0.717) is 5.92 Å². The fourth-order valence-corrected chi connectivity index (χ4v) is 8.13. The van der Waals surface area contributed by atoms with Gasteiger partial charge in [0.05, 0.1) is 0 Å². The molecule has 2 aliphatic rings. The molecule has 0 fully saturated rings. The zero-order chi connectivity index (χ0) is 33.0. The molecule has 9 rings (SSSR count). The first-order valence-electron chi connectivity index (χ1n) is 17.3. The van der Waals surface area contributed by atoms with Gasteiger partial charge in [-0.2, -0.15) is 0 Å². The maximum absolute atomic E-state index is 2.46. The molecule has 7 aromatic rings. The van der Waals surface area contributed by atoms with Gasteiger partial charge in [0.25, 0.3) is 0 Å². The Morgan fingerprint density at radius 2 is 0.939 bits per heavy atom. The van der Waals surface area contributed by atoms with Crippen LogP contribution in [0.2, 0.25) is 0 Å². The summed E-state index contributed by atoms with van der Waals surface area (Å²) < 4.78 is 0. The highest BCUT2D eigenvalue weighted by Crippen LogP contribution is 2.56. The van der Waals surface area contributed by atoms with Crippen LogP contribution in [0.15, 0.2) is 182 Å². The van der Waals surface area contributed by atoms with Crippen LogP contribution in [0.5, 0.6) is 0 Å². The highest BCUT2D eigenvalue weighted by atomic mass is 15.2. The van der Waals surface area contributed by atoms with E-state index < -0.39 is 0 Å². The molecule has 0 heterocycles. The molecule has 2 aliphatic carbocycles. The van der Waals surface area contributed by atoms with Gasteiger partial charge >= 0.3 is 0 Å². The smallest absolute Gasteiger partial charge is 0.0468 e. The Morgan fingerprint density at radius 3 is 1.55 bits per heavy atom. The molecule has 236 valence electrons. The molecule has 2 heteroatoms. The van der Waals surface area contributed by atoms with Gasteiger partial charge in [0, 0.05) is 34.1 Å². The summed E-state index contributed by atoms with van der Waals surface area (Å²) in [6.45, 7) is 4.88. The average molecular weight is 631 g/mol. The Hall–Kier alpha value is -5.86. The summed E-state index contributed by atoms with van der Waals surface area (Å²) in [4.78, 5) is 4.86. The van der Waals surface area contributed by atoms with E-state index in [4.69, 9.17) is 0 Å². The van der Waals surface area contributed by atoms with Gasteiger partial charge in [0.2, 0.25) is 0 Å². The van der Waals surface area contributed by atoms with Crippen molar-refractivity contribution in [2.75, 3.05) is 9.80 Å².